The van der Waals surface area contributed by atoms with Crippen LogP contribution in [0.3, 0.4) is 0 Å². The van der Waals surface area contributed by atoms with E-state index in [-0.39, 0.29) is 0 Å². The SMILES string of the molecule is CCOc1ccc(-n2nnc3cnc(Nc4cnn(CC)c4)nc32)cc1. The Morgan fingerprint density at radius 3 is 2.69 bits per heavy atom. The van der Waals surface area contributed by atoms with Gasteiger partial charge in [-0.15, -0.1) is 5.10 Å². The Balaban J connectivity index is 1.65. The predicted molar refractivity (Wildman–Crippen MR) is 96.8 cm³/mol. The second-order valence-corrected chi connectivity index (χ2v) is 5.54. The number of fused-ring (bicyclic) bond motifs is 1. The number of aryl methyl sites for hydroxylation is 1. The highest BCUT2D eigenvalue weighted by molar-refractivity contribution is 5.72. The van der Waals surface area contributed by atoms with Crippen LogP contribution in [0.5, 0.6) is 5.75 Å². The van der Waals surface area contributed by atoms with Gasteiger partial charge in [-0.2, -0.15) is 14.8 Å². The third kappa shape index (κ3) is 3.06. The van der Waals surface area contributed by atoms with Crippen molar-refractivity contribution in [3.05, 3.63) is 42.9 Å². The monoisotopic (exact) mass is 350 g/mol. The van der Waals surface area contributed by atoms with Crippen LogP contribution in [-0.2, 0) is 6.54 Å². The average molecular weight is 350 g/mol. The Morgan fingerprint density at radius 1 is 1.12 bits per heavy atom. The molecule has 0 aliphatic rings. The highest BCUT2D eigenvalue weighted by Gasteiger charge is 2.11. The smallest absolute Gasteiger partial charge is 0.229 e. The molecule has 9 heteroatoms. The van der Waals surface area contributed by atoms with E-state index >= 15 is 0 Å². The van der Waals surface area contributed by atoms with Crippen molar-refractivity contribution in [1.29, 1.82) is 0 Å². The van der Waals surface area contributed by atoms with Crippen LogP contribution in [0.15, 0.2) is 42.9 Å². The summed E-state index contributed by atoms with van der Waals surface area (Å²) in [5.74, 6) is 1.27. The van der Waals surface area contributed by atoms with Crippen LogP contribution in [-0.4, -0.2) is 41.3 Å². The average Bonchev–Trinajstić information content (AvgIpc) is 3.29. The third-order valence-corrected chi connectivity index (χ3v) is 3.80. The molecule has 0 unspecified atom stereocenters. The minimum Gasteiger partial charge on any atom is -0.494 e. The number of nitrogens with one attached hydrogen (secondary N) is 1. The van der Waals surface area contributed by atoms with Gasteiger partial charge in [0.1, 0.15) is 5.75 Å². The minimum atomic E-state index is 0.461. The summed E-state index contributed by atoms with van der Waals surface area (Å²) in [4.78, 5) is 8.84. The number of aromatic nitrogens is 7. The van der Waals surface area contributed by atoms with Gasteiger partial charge >= 0.3 is 0 Å². The van der Waals surface area contributed by atoms with Crippen molar-refractivity contribution in [2.75, 3.05) is 11.9 Å². The summed E-state index contributed by atoms with van der Waals surface area (Å²) in [5, 5.41) is 15.7. The highest BCUT2D eigenvalue weighted by Crippen LogP contribution is 2.19. The van der Waals surface area contributed by atoms with Crippen molar-refractivity contribution in [1.82, 2.24) is 34.7 Å². The van der Waals surface area contributed by atoms with Crippen LogP contribution in [0.1, 0.15) is 13.8 Å². The zero-order valence-electron chi connectivity index (χ0n) is 14.5. The molecule has 9 nitrogen and oxygen atoms in total. The van der Waals surface area contributed by atoms with E-state index in [1.165, 1.54) is 0 Å². The van der Waals surface area contributed by atoms with Gasteiger partial charge in [0.25, 0.3) is 0 Å². The molecule has 0 radical (unpaired) electrons. The molecule has 0 aliphatic carbocycles. The van der Waals surface area contributed by atoms with Crippen LogP contribution < -0.4 is 10.1 Å². The van der Waals surface area contributed by atoms with E-state index in [1.807, 2.05) is 49.0 Å². The van der Waals surface area contributed by atoms with Gasteiger partial charge in [-0.1, -0.05) is 5.21 Å². The van der Waals surface area contributed by atoms with Crippen LogP contribution in [0.25, 0.3) is 16.9 Å². The first-order valence-electron chi connectivity index (χ1n) is 8.38. The second kappa shape index (κ2) is 6.79. The van der Waals surface area contributed by atoms with Gasteiger partial charge < -0.3 is 10.1 Å². The number of ether oxygens (including phenoxy) is 1. The number of nitrogens with zero attached hydrogens (tertiary/aromatic N) is 7. The molecular formula is C17H18N8O. The Morgan fingerprint density at radius 2 is 1.96 bits per heavy atom. The predicted octanol–water partition coefficient (Wildman–Crippen LogP) is 2.57. The van der Waals surface area contributed by atoms with E-state index in [2.05, 4.69) is 30.7 Å². The Labute approximate surface area is 149 Å². The molecule has 0 aliphatic heterocycles. The molecule has 1 N–H and O–H groups in total. The zero-order chi connectivity index (χ0) is 17.9. The van der Waals surface area contributed by atoms with Crippen molar-refractivity contribution in [3.63, 3.8) is 0 Å². The lowest BCUT2D eigenvalue weighted by molar-refractivity contribution is 0.340. The van der Waals surface area contributed by atoms with E-state index in [0.29, 0.717) is 23.7 Å². The molecule has 0 bridgehead atoms. The number of anilines is 2. The van der Waals surface area contributed by atoms with Crippen molar-refractivity contribution in [2.24, 2.45) is 0 Å². The lowest BCUT2D eigenvalue weighted by Crippen LogP contribution is -2.01. The van der Waals surface area contributed by atoms with E-state index < -0.39 is 0 Å². The number of hydrogen-bond acceptors (Lipinski definition) is 7. The largest absolute Gasteiger partial charge is 0.494 e. The standard InChI is InChI=1S/C17H18N8O/c1-3-24-11-12(9-19-24)20-17-18-10-15-16(21-17)25(23-22-15)13-5-7-14(8-6-13)26-4-2/h5-11H,3-4H2,1-2H3,(H,18,20,21). The van der Waals surface area contributed by atoms with E-state index in [4.69, 9.17) is 4.74 Å². The van der Waals surface area contributed by atoms with Gasteiger partial charge in [-0.05, 0) is 38.1 Å². The molecule has 0 saturated carbocycles. The van der Waals surface area contributed by atoms with Crippen molar-refractivity contribution in [3.8, 4) is 11.4 Å². The quantitative estimate of drug-likeness (QED) is 0.571. The van der Waals surface area contributed by atoms with Crippen LogP contribution >= 0.6 is 0 Å². The van der Waals surface area contributed by atoms with Gasteiger partial charge in [0.05, 0.1) is 30.4 Å². The lowest BCUT2D eigenvalue weighted by Gasteiger charge is -2.06. The van der Waals surface area contributed by atoms with E-state index in [1.54, 1.807) is 17.1 Å². The Bertz CT molecular complexity index is 1020. The van der Waals surface area contributed by atoms with Gasteiger partial charge in [0.15, 0.2) is 11.2 Å². The first kappa shape index (κ1) is 16.0. The first-order valence-corrected chi connectivity index (χ1v) is 8.38. The fourth-order valence-electron chi connectivity index (χ4n) is 2.54. The molecule has 4 aromatic rings. The normalized spacial score (nSPS) is 11.0. The van der Waals surface area contributed by atoms with Crippen LogP contribution in [0, 0.1) is 0 Å². The maximum absolute atomic E-state index is 5.47. The van der Waals surface area contributed by atoms with E-state index in [9.17, 15) is 0 Å². The van der Waals surface area contributed by atoms with Gasteiger partial charge in [-0.25, -0.2) is 4.98 Å². The maximum Gasteiger partial charge on any atom is 0.229 e. The first-order chi connectivity index (χ1) is 12.8. The number of rotatable bonds is 6. The number of hydrogen-bond donors (Lipinski definition) is 1. The van der Waals surface area contributed by atoms with Crippen molar-refractivity contribution in [2.45, 2.75) is 20.4 Å². The molecule has 0 saturated heterocycles. The van der Waals surface area contributed by atoms with Crippen molar-refractivity contribution >= 4 is 22.8 Å². The lowest BCUT2D eigenvalue weighted by atomic mass is 10.3. The number of benzene rings is 1. The fraction of sp³-hybridized carbons (Fsp3) is 0.235. The topological polar surface area (TPSA) is 95.6 Å². The molecule has 132 valence electrons. The molecule has 3 heterocycles. The molecule has 0 fully saturated rings. The highest BCUT2D eigenvalue weighted by atomic mass is 16.5. The van der Waals surface area contributed by atoms with Gasteiger partial charge in [-0.3, -0.25) is 4.68 Å². The molecule has 0 atom stereocenters. The van der Waals surface area contributed by atoms with Crippen molar-refractivity contribution < 1.29 is 4.74 Å². The fourth-order valence-corrected chi connectivity index (χ4v) is 2.54. The summed E-state index contributed by atoms with van der Waals surface area (Å²) >= 11 is 0. The third-order valence-electron chi connectivity index (χ3n) is 3.80. The summed E-state index contributed by atoms with van der Waals surface area (Å²) in [5.41, 5.74) is 2.91. The summed E-state index contributed by atoms with van der Waals surface area (Å²) in [6.07, 6.45) is 5.28. The molecule has 1 aromatic carbocycles. The maximum atomic E-state index is 5.47. The molecule has 0 spiro atoms. The molecule has 3 aromatic heterocycles. The summed E-state index contributed by atoms with van der Waals surface area (Å²) in [6.45, 7) is 5.41. The summed E-state index contributed by atoms with van der Waals surface area (Å²) < 4.78 is 8.97. The second-order valence-electron chi connectivity index (χ2n) is 5.54. The van der Waals surface area contributed by atoms with Crippen LogP contribution in [0.2, 0.25) is 0 Å². The Hall–Kier alpha value is -3.49. The zero-order valence-corrected chi connectivity index (χ0v) is 14.5. The molecule has 26 heavy (non-hydrogen) atoms. The van der Waals surface area contributed by atoms with Gasteiger partial charge in [0, 0.05) is 12.7 Å². The molecular weight excluding hydrogens is 332 g/mol. The summed E-state index contributed by atoms with van der Waals surface area (Å²) in [6, 6.07) is 7.62. The Kier molecular flexibility index (Phi) is 4.18. The van der Waals surface area contributed by atoms with Crippen LogP contribution in [0.4, 0.5) is 11.6 Å². The minimum absolute atomic E-state index is 0.461. The van der Waals surface area contributed by atoms with E-state index in [0.717, 1.165) is 23.7 Å². The summed E-state index contributed by atoms with van der Waals surface area (Å²) in [7, 11) is 0. The molecule has 4 rings (SSSR count). The van der Waals surface area contributed by atoms with Gasteiger partial charge in [0.2, 0.25) is 5.95 Å². The molecule has 0 amide bonds.